The Hall–Kier alpha value is -3.04. The fourth-order valence-corrected chi connectivity index (χ4v) is 7.82. The first-order chi connectivity index (χ1) is 18.2. The summed E-state index contributed by atoms with van der Waals surface area (Å²) in [7, 11) is -3.16. The molecule has 3 aromatic rings. The molecule has 9 heteroatoms. The summed E-state index contributed by atoms with van der Waals surface area (Å²) in [6.07, 6.45) is 5.02. The number of fused-ring (bicyclic) bond motifs is 2. The molecule has 1 amide bonds. The minimum atomic E-state index is -3.16. The van der Waals surface area contributed by atoms with E-state index in [4.69, 9.17) is 9.72 Å². The van der Waals surface area contributed by atoms with Gasteiger partial charge in [0.2, 0.25) is 0 Å². The van der Waals surface area contributed by atoms with Crippen molar-refractivity contribution in [1.29, 1.82) is 0 Å². The second-order valence-corrected chi connectivity index (χ2v) is 13.7. The third-order valence-corrected chi connectivity index (χ3v) is 9.66. The number of rotatable bonds is 7. The third-order valence-electron chi connectivity index (χ3n) is 7.09. The lowest BCUT2D eigenvalue weighted by molar-refractivity contribution is -0.137. The van der Waals surface area contributed by atoms with Gasteiger partial charge in [-0.25, -0.2) is 18.2 Å². The Morgan fingerprint density at radius 3 is 2.71 bits per heavy atom. The highest BCUT2D eigenvalue weighted by atomic mass is 32.2. The zero-order valence-corrected chi connectivity index (χ0v) is 23.3. The molecular weight excluding hydrogens is 520 g/mol. The van der Waals surface area contributed by atoms with E-state index in [1.54, 1.807) is 16.2 Å². The Morgan fingerprint density at radius 2 is 2.00 bits per heavy atom. The number of esters is 1. The number of hydrogen-bond donors (Lipinski definition) is 0. The molecule has 200 valence electrons. The van der Waals surface area contributed by atoms with Crippen LogP contribution in [0.2, 0.25) is 0 Å². The van der Waals surface area contributed by atoms with E-state index in [1.807, 2.05) is 49.6 Å². The van der Waals surface area contributed by atoms with Crippen molar-refractivity contribution in [2.75, 3.05) is 24.7 Å². The van der Waals surface area contributed by atoms with Gasteiger partial charge in [-0.2, -0.15) is 0 Å². The number of benzene rings is 1. The highest BCUT2D eigenvalue weighted by Crippen LogP contribution is 2.37. The van der Waals surface area contributed by atoms with Gasteiger partial charge in [-0.15, -0.1) is 11.3 Å². The maximum atomic E-state index is 13.6. The van der Waals surface area contributed by atoms with Crippen molar-refractivity contribution in [2.24, 2.45) is 5.92 Å². The van der Waals surface area contributed by atoms with Crippen molar-refractivity contribution >= 4 is 55.6 Å². The molecule has 1 aliphatic heterocycles. The topological polar surface area (TPSA) is 93.6 Å². The molecule has 1 aromatic carbocycles. The molecule has 5 rings (SSSR count). The van der Waals surface area contributed by atoms with Crippen molar-refractivity contribution in [3.8, 4) is 0 Å². The number of aromatic nitrogens is 1. The number of thiophene rings is 1. The van der Waals surface area contributed by atoms with Crippen LogP contribution in [0.25, 0.3) is 22.6 Å². The summed E-state index contributed by atoms with van der Waals surface area (Å²) < 4.78 is 29.8. The minimum Gasteiger partial charge on any atom is -0.452 e. The summed E-state index contributed by atoms with van der Waals surface area (Å²) >= 11 is 1.66. The third kappa shape index (κ3) is 5.68. The van der Waals surface area contributed by atoms with Crippen LogP contribution in [-0.4, -0.2) is 60.9 Å². The van der Waals surface area contributed by atoms with E-state index in [-0.39, 0.29) is 29.4 Å². The Bertz CT molecular complexity index is 1490. The second-order valence-electron chi connectivity index (χ2n) is 10.4. The van der Waals surface area contributed by atoms with E-state index in [1.165, 1.54) is 0 Å². The predicted molar refractivity (Wildman–Crippen MR) is 151 cm³/mol. The Morgan fingerprint density at radius 1 is 1.18 bits per heavy atom. The molecule has 7 nitrogen and oxygen atoms in total. The van der Waals surface area contributed by atoms with Crippen molar-refractivity contribution in [1.82, 2.24) is 9.88 Å². The van der Waals surface area contributed by atoms with E-state index in [2.05, 4.69) is 12.1 Å². The van der Waals surface area contributed by atoms with Gasteiger partial charge in [0.05, 0.1) is 28.3 Å². The molecule has 0 saturated carbocycles. The molecule has 1 aliphatic carbocycles. The van der Waals surface area contributed by atoms with Crippen LogP contribution in [0, 0.1) is 5.92 Å². The van der Waals surface area contributed by atoms with Gasteiger partial charge in [0.25, 0.3) is 5.91 Å². The highest BCUT2D eigenvalue weighted by Gasteiger charge is 2.35. The largest absolute Gasteiger partial charge is 0.452 e. The number of sulfone groups is 1. The van der Waals surface area contributed by atoms with Gasteiger partial charge >= 0.3 is 5.97 Å². The minimum absolute atomic E-state index is 0.0404. The number of nitrogens with zero attached hydrogens (tertiary/aromatic N) is 2. The standard InChI is InChI=1S/C29H32N2O5S2/c1-19(2)16-31(21-12-14-38(34,35)18-21)26(32)17-36-29(33)27-23-9-3-4-11-25(23)30-28-20(7-5-10-24(27)28)15-22-8-6-13-37-22/h3-4,6,8-9,11,13,15,19,21H,5,7,10,12,14,16-18H2,1-2H3/b20-15+. The Balaban J connectivity index is 1.44. The van der Waals surface area contributed by atoms with Gasteiger partial charge in [-0.1, -0.05) is 38.1 Å². The number of carbonyl (C=O) groups is 2. The summed E-state index contributed by atoms with van der Waals surface area (Å²) in [6.45, 7) is 3.95. The number of allylic oxidation sites excluding steroid dienone is 1. The fraction of sp³-hybridized carbons (Fsp3) is 0.414. The van der Waals surface area contributed by atoms with Crippen LogP contribution in [0.4, 0.5) is 0 Å². The Kier molecular flexibility index (Phi) is 7.68. The second kappa shape index (κ2) is 11.0. The number of carbonyl (C=O) groups excluding carboxylic acids is 2. The highest BCUT2D eigenvalue weighted by molar-refractivity contribution is 7.91. The monoisotopic (exact) mass is 552 g/mol. The summed E-state index contributed by atoms with van der Waals surface area (Å²) in [5.74, 6) is -0.715. The van der Waals surface area contributed by atoms with E-state index >= 15 is 0 Å². The van der Waals surface area contributed by atoms with Crippen LogP contribution < -0.4 is 0 Å². The smallest absolute Gasteiger partial charge is 0.339 e. The summed E-state index contributed by atoms with van der Waals surface area (Å²) in [6, 6.07) is 11.2. The molecule has 2 aromatic heterocycles. The predicted octanol–water partition coefficient (Wildman–Crippen LogP) is 5.00. The lowest BCUT2D eigenvalue weighted by atomic mass is 9.86. The number of pyridine rings is 1. The van der Waals surface area contributed by atoms with Crippen molar-refractivity contribution in [3.05, 3.63) is 63.5 Å². The number of amides is 1. The molecule has 0 bridgehead atoms. The summed E-state index contributed by atoms with van der Waals surface area (Å²) in [5, 5.41) is 2.75. The fourth-order valence-electron chi connectivity index (χ4n) is 5.40. The average molecular weight is 553 g/mol. The molecule has 38 heavy (non-hydrogen) atoms. The van der Waals surface area contributed by atoms with Crippen LogP contribution in [0.3, 0.4) is 0 Å². The van der Waals surface area contributed by atoms with Gasteiger partial charge in [-0.05, 0) is 66.3 Å². The molecule has 1 atom stereocenters. The summed E-state index contributed by atoms with van der Waals surface area (Å²) in [5.41, 5.74) is 3.95. The molecule has 1 fully saturated rings. The number of ether oxygens (including phenoxy) is 1. The molecule has 0 spiro atoms. The maximum Gasteiger partial charge on any atom is 0.339 e. The first kappa shape index (κ1) is 26.6. The van der Waals surface area contributed by atoms with Gasteiger partial charge < -0.3 is 9.64 Å². The van der Waals surface area contributed by atoms with E-state index in [9.17, 15) is 18.0 Å². The lowest BCUT2D eigenvalue weighted by Gasteiger charge is -2.30. The van der Waals surface area contributed by atoms with Crippen molar-refractivity contribution in [3.63, 3.8) is 0 Å². The van der Waals surface area contributed by atoms with E-state index < -0.39 is 22.4 Å². The van der Waals surface area contributed by atoms with Crippen molar-refractivity contribution in [2.45, 2.75) is 45.6 Å². The molecule has 1 saturated heterocycles. The molecular formula is C29H32N2O5S2. The average Bonchev–Trinajstić information content (AvgIpc) is 3.53. The van der Waals surface area contributed by atoms with Crippen LogP contribution in [0.5, 0.6) is 0 Å². The van der Waals surface area contributed by atoms with Crippen LogP contribution in [0.1, 0.15) is 59.6 Å². The zero-order valence-electron chi connectivity index (χ0n) is 21.7. The van der Waals surface area contributed by atoms with Crippen LogP contribution >= 0.6 is 11.3 Å². The van der Waals surface area contributed by atoms with Crippen molar-refractivity contribution < 1.29 is 22.7 Å². The van der Waals surface area contributed by atoms with Gasteiger partial charge in [-0.3, -0.25) is 4.79 Å². The Labute approximate surface area is 227 Å². The molecule has 3 heterocycles. The SMILES string of the molecule is CC(C)CN(C(=O)COC(=O)c1c2c(nc3ccccc13)/C(=C/c1cccs1)CCC2)C1CCS(=O)(=O)C1. The first-order valence-electron chi connectivity index (χ1n) is 13.0. The zero-order chi connectivity index (χ0) is 26.9. The quantitative estimate of drug-likeness (QED) is 0.383. The van der Waals surface area contributed by atoms with E-state index in [0.29, 0.717) is 35.9 Å². The van der Waals surface area contributed by atoms with Gasteiger partial charge in [0, 0.05) is 22.8 Å². The number of hydrogen-bond acceptors (Lipinski definition) is 7. The molecule has 1 unspecified atom stereocenters. The molecule has 0 N–H and O–H groups in total. The summed E-state index contributed by atoms with van der Waals surface area (Å²) in [4.78, 5) is 34.5. The van der Waals surface area contributed by atoms with E-state index in [0.717, 1.165) is 34.5 Å². The lowest BCUT2D eigenvalue weighted by Crippen LogP contribution is -2.45. The van der Waals surface area contributed by atoms with Gasteiger partial charge in [0.1, 0.15) is 0 Å². The van der Waals surface area contributed by atoms with Crippen LogP contribution in [-0.2, 0) is 25.8 Å². The molecule has 2 aliphatic rings. The molecule has 0 radical (unpaired) electrons. The van der Waals surface area contributed by atoms with Crippen LogP contribution in [0.15, 0.2) is 41.8 Å². The normalized spacial score (nSPS) is 19.6. The first-order valence-corrected chi connectivity index (χ1v) is 15.7. The number of para-hydroxylation sites is 1. The van der Waals surface area contributed by atoms with Gasteiger partial charge in [0.15, 0.2) is 16.4 Å². The maximum absolute atomic E-state index is 13.6.